The van der Waals surface area contributed by atoms with Crippen molar-refractivity contribution in [2.75, 3.05) is 18.9 Å². The van der Waals surface area contributed by atoms with Crippen LogP contribution in [0.3, 0.4) is 0 Å². The molecule has 2 amide bonds. The monoisotopic (exact) mass is 456 g/mol. The molecule has 2 N–H and O–H groups in total. The van der Waals surface area contributed by atoms with Gasteiger partial charge in [0.15, 0.2) is 5.69 Å². The molecule has 3 aromatic rings. The second-order valence-corrected chi connectivity index (χ2v) is 8.78. The van der Waals surface area contributed by atoms with Gasteiger partial charge in [-0.1, -0.05) is 42.5 Å². The molecule has 1 atom stereocenters. The second kappa shape index (κ2) is 9.51. The molecule has 0 unspecified atom stereocenters. The zero-order valence-corrected chi connectivity index (χ0v) is 19.2. The number of benzene rings is 2. The fourth-order valence-corrected chi connectivity index (χ4v) is 4.60. The first-order chi connectivity index (χ1) is 16.6. The number of carbonyl (C=O) groups excluding carboxylic acids is 2. The zero-order chi connectivity index (χ0) is 23.5. The van der Waals surface area contributed by atoms with Crippen LogP contribution in [0.15, 0.2) is 60.7 Å². The Balaban J connectivity index is 1.17. The van der Waals surface area contributed by atoms with Crippen LogP contribution in [0.2, 0.25) is 0 Å². The fourth-order valence-electron chi connectivity index (χ4n) is 4.60. The van der Waals surface area contributed by atoms with Crippen LogP contribution in [0.1, 0.15) is 31.4 Å². The van der Waals surface area contributed by atoms with E-state index in [0.29, 0.717) is 32.4 Å². The molecule has 2 aliphatic rings. The number of hydrogen-bond donors (Lipinski definition) is 2. The highest BCUT2D eigenvalue weighted by molar-refractivity contribution is 6.04. The van der Waals surface area contributed by atoms with Gasteiger partial charge in [0, 0.05) is 20.0 Å². The van der Waals surface area contributed by atoms with Crippen LogP contribution in [-0.2, 0) is 16.1 Å². The van der Waals surface area contributed by atoms with Crippen molar-refractivity contribution in [1.82, 2.24) is 25.0 Å². The van der Waals surface area contributed by atoms with Crippen LogP contribution in [0.4, 0.5) is 11.4 Å². The first-order valence-electron chi connectivity index (χ1n) is 11.7. The summed E-state index contributed by atoms with van der Waals surface area (Å²) >= 11 is 0. The summed E-state index contributed by atoms with van der Waals surface area (Å²) in [6.07, 6.45) is 2.37. The maximum absolute atomic E-state index is 13.2. The smallest absolute Gasteiger partial charge is 0.298 e. The van der Waals surface area contributed by atoms with E-state index < -0.39 is 6.04 Å². The van der Waals surface area contributed by atoms with E-state index in [4.69, 9.17) is 0 Å². The fraction of sp³-hybridized carbons (Fsp3) is 0.308. The lowest BCUT2D eigenvalue weighted by molar-refractivity contribution is -0.143. The summed E-state index contributed by atoms with van der Waals surface area (Å²) < 4.78 is 0. The molecule has 1 radical (unpaired) electrons. The average Bonchev–Trinajstić information content (AvgIpc) is 3.62. The van der Waals surface area contributed by atoms with Gasteiger partial charge >= 0.3 is 0 Å². The molecule has 0 aliphatic carbocycles. The van der Waals surface area contributed by atoms with Gasteiger partial charge in [-0.2, -0.15) is 5.10 Å². The Bertz CT molecular complexity index is 1220. The van der Waals surface area contributed by atoms with Crippen LogP contribution < -0.4 is 10.3 Å². The van der Waals surface area contributed by atoms with Crippen molar-refractivity contribution < 1.29 is 9.59 Å². The minimum atomic E-state index is -0.416. The maximum Gasteiger partial charge on any atom is 0.298 e. The van der Waals surface area contributed by atoms with Crippen molar-refractivity contribution in [3.05, 3.63) is 66.4 Å². The summed E-state index contributed by atoms with van der Waals surface area (Å²) in [6, 6.07) is 19.3. The number of amidine groups is 1. The van der Waals surface area contributed by atoms with Crippen molar-refractivity contribution in [3.8, 4) is 11.3 Å². The van der Waals surface area contributed by atoms with Crippen molar-refractivity contribution >= 4 is 29.0 Å². The molecule has 8 nitrogen and oxygen atoms in total. The van der Waals surface area contributed by atoms with Crippen molar-refractivity contribution in [3.63, 3.8) is 0 Å². The molecule has 1 fully saturated rings. The topological polar surface area (TPSA) is 95.4 Å². The maximum atomic E-state index is 13.2. The Kier molecular flexibility index (Phi) is 6.12. The number of likely N-dealkylation sites (tertiary alicyclic amines) is 1. The van der Waals surface area contributed by atoms with Crippen LogP contribution >= 0.6 is 0 Å². The Morgan fingerprint density at radius 3 is 2.76 bits per heavy atom. The highest BCUT2D eigenvalue weighted by Crippen LogP contribution is 2.26. The molecule has 0 saturated carbocycles. The lowest BCUT2D eigenvalue weighted by Crippen LogP contribution is -2.46. The summed E-state index contributed by atoms with van der Waals surface area (Å²) in [5.74, 6) is 0.746. The number of anilines is 1. The number of nitrogens with zero attached hydrogens (tertiary/aromatic N) is 4. The Hall–Kier alpha value is -3.94. The number of aliphatic imine (C=N–C) groups is 1. The molecule has 8 heteroatoms. The lowest BCUT2D eigenvalue weighted by Gasteiger charge is -2.27. The summed E-state index contributed by atoms with van der Waals surface area (Å²) in [4.78, 5) is 34.2. The molecule has 5 rings (SSSR count). The number of rotatable bonds is 7. The van der Waals surface area contributed by atoms with Crippen LogP contribution in [0.25, 0.3) is 11.3 Å². The van der Waals surface area contributed by atoms with E-state index in [9.17, 15) is 9.59 Å². The molecule has 1 saturated heterocycles. The molecule has 173 valence electrons. The minimum absolute atomic E-state index is 0.00385. The Morgan fingerprint density at radius 1 is 1.15 bits per heavy atom. The van der Waals surface area contributed by atoms with E-state index >= 15 is 0 Å². The number of likely N-dealkylation sites (N-methyl/N-ethyl adjacent to an activating group) is 1. The van der Waals surface area contributed by atoms with Gasteiger partial charge in [-0.05, 0) is 41.6 Å². The predicted molar refractivity (Wildman–Crippen MR) is 131 cm³/mol. The first kappa shape index (κ1) is 21.9. The lowest BCUT2D eigenvalue weighted by atomic mass is 10.1. The van der Waals surface area contributed by atoms with E-state index in [-0.39, 0.29) is 11.8 Å². The summed E-state index contributed by atoms with van der Waals surface area (Å²) in [6.45, 7) is 1.00. The molecule has 2 aromatic carbocycles. The number of amides is 2. The number of H-pyrrole nitrogens is 1. The molecule has 0 spiro atoms. The highest BCUT2D eigenvalue weighted by Gasteiger charge is 2.36. The summed E-state index contributed by atoms with van der Waals surface area (Å²) in [5, 5.41) is 10.7. The molecule has 1 aromatic heterocycles. The number of fused-ring (bicyclic) bond motifs is 1. The van der Waals surface area contributed by atoms with Gasteiger partial charge in [-0.3, -0.25) is 14.7 Å². The number of para-hydroxylation sites is 2. The molecule has 3 heterocycles. The number of aromatic nitrogens is 2. The van der Waals surface area contributed by atoms with Gasteiger partial charge in [0.1, 0.15) is 6.04 Å². The van der Waals surface area contributed by atoms with Crippen molar-refractivity contribution in [1.29, 1.82) is 0 Å². The van der Waals surface area contributed by atoms with Crippen LogP contribution in [0, 0.1) is 0 Å². The third-order valence-electron chi connectivity index (χ3n) is 6.36. The minimum Gasteiger partial charge on any atom is -0.338 e. The first-order valence-corrected chi connectivity index (χ1v) is 11.7. The third kappa shape index (κ3) is 4.57. The van der Waals surface area contributed by atoms with E-state index in [2.05, 4.69) is 20.5 Å². The summed E-state index contributed by atoms with van der Waals surface area (Å²) in [7, 11) is 1.77. The predicted octanol–water partition coefficient (Wildman–Crippen LogP) is 3.30. The molecule has 0 bridgehead atoms. The molecule has 34 heavy (non-hydrogen) atoms. The van der Waals surface area contributed by atoms with Gasteiger partial charge in [0.05, 0.1) is 24.4 Å². The Morgan fingerprint density at radius 2 is 1.94 bits per heavy atom. The number of aromatic amines is 1. The van der Waals surface area contributed by atoms with E-state index in [0.717, 1.165) is 40.6 Å². The number of nitrogens with one attached hydrogen (secondary N) is 2. The van der Waals surface area contributed by atoms with E-state index in [1.165, 1.54) is 0 Å². The van der Waals surface area contributed by atoms with Gasteiger partial charge < -0.3 is 9.80 Å². The van der Waals surface area contributed by atoms with Crippen LogP contribution in [0.5, 0.6) is 0 Å². The van der Waals surface area contributed by atoms with Crippen molar-refractivity contribution in [2.24, 2.45) is 0 Å². The Labute approximate surface area is 198 Å². The average molecular weight is 457 g/mol. The third-order valence-corrected chi connectivity index (χ3v) is 6.36. The normalized spacial score (nSPS) is 16.7. The van der Waals surface area contributed by atoms with Gasteiger partial charge in [-0.15, -0.1) is 0 Å². The quantitative estimate of drug-likeness (QED) is 0.570. The summed E-state index contributed by atoms with van der Waals surface area (Å²) in [5.41, 5.74) is 4.62. The largest absolute Gasteiger partial charge is 0.338 e. The number of carbonyl (C=O) groups is 2. The second-order valence-electron chi connectivity index (χ2n) is 8.78. The van der Waals surface area contributed by atoms with Gasteiger partial charge in [0.25, 0.3) is 5.84 Å². The highest BCUT2D eigenvalue weighted by atomic mass is 16.2. The van der Waals surface area contributed by atoms with Crippen LogP contribution in [-0.4, -0.2) is 57.3 Å². The van der Waals surface area contributed by atoms with Gasteiger partial charge in [0.2, 0.25) is 17.5 Å². The van der Waals surface area contributed by atoms with Gasteiger partial charge in [-0.25, -0.2) is 5.32 Å². The number of hydrogen-bond acceptors (Lipinski definition) is 5. The zero-order valence-electron chi connectivity index (χ0n) is 19.2. The SMILES string of the molecule is CN(Cc1cc(-c2ccccc2)[nH]n1)C(=O)[C@@H]1CCCN1C(=O)CCC1=[N+]c2ccccc2N1. The van der Waals surface area contributed by atoms with E-state index in [1.807, 2.05) is 60.7 Å². The standard InChI is InChI=1S/C26H28N6O2/c1-31(17-19-16-22(30-29-19)18-8-3-2-4-9-18)26(34)23-12-7-15-32(23)25(33)14-13-24-27-20-10-5-6-11-21(20)28-24/h2-6,8-11,16,23,27H,7,12-15,17H2,1H3,(H,29,30)/q+1/t23-/m0/s1. The van der Waals surface area contributed by atoms with E-state index in [1.54, 1.807) is 16.8 Å². The molecular weight excluding hydrogens is 428 g/mol. The molecule has 2 aliphatic heterocycles. The molecular formula is C26H28N6O2+. The van der Waals surface area contributed by atoms with Crippen molar-refractivity contribution in [2.45, 2.75) is 38.3 Å².